The van der Waals surface area contributed by atoms with Crippen molar-refractivity contribution in [2.24, 2.45) is 0 Å². The second-order valence-corrected chi connectivity index (χ2v) is 5.50. The lowest BCUT2D eigenvalue weighted by Crippen LogP contribution is -2.02. The molecule has 0 spiro atoms. The van der Waals surface area contributed by atoms with Crippen LogP contribution in [0.2, 0.25) is 0 Å². The summed E-state index contributed by atoms with van der Waals surface area (Å²) in [5.41, 5.74) is 2.37. The van der Waals surface area contributed by atoms with Crippen LogP contribution in [0.3, 0.4) is 0 Å². The Bertz CT molecular complexity index is 800. The van der Waals surface area contributed by atoms with Gasteiger partial charge in [-0.2, -0.15) is 0 Å². The van der Waals surface area contributed by atoms with Crippen LogP contribution in [0.15, 0.2) is 85.2 Å². The highest BCUT2D eigenvalue weighted by Crippen LogP contribution is 2.07. The zero-order valence-corrected chi connectivity index (χ0v) is 15.3. The van der Waals surface area contributed by atoms with E-state index in [1.54, 1.807) is 0 Å². The van der Waals surface area contributed by atoms with Crippen LogP contribution in [0.4, 0.5) is 34.5 Å². The van der Waals surface area contributed by atoms with Crippen LogP contribution in [-0.4, -0.2) is 14.5 Å². The van der Waals surface area contributed by atoms with Crippen molar-refractivity contribution in [1.29, 1.82) is 0 Å². The number of nitrogens with one attached hydrogen (secondary N) is 2. The molecule has 0 bridgehead atoms. The average Bonchev–Trinajstić information content (AvgIpc) is 2.66. The molecular formula is C18H16B2F8N2. The van der Waals surface area contributed by atoms with Crippen LogP contribution in [0.25, 0.3) is 21.8 Å². The molecule has 30 heavy (non-hydrogen) atoms. The molecule has 12 heteroatoms. The predicted octanol–water partition coefficient (Wildman–Crippen LogP) is 5.91. The van der Waals surface area contributed by atoms with Crippen LogP contribution in [0.5, 0.6) is 0 Å². The molecule has 0 atom stereocenters. The summed E-state index contributed by atoms with van der Waals surface area (Å²) in [6, 6.07) is 24.6. The molecule has 2 nitrogen and oxygen atoms in total. The molecule has 0 amide bonds. The number of hydrogen-bond donors (Lipinski definition) is 0. The fourth-order valence-corrected chi connectivity index (χ4v) is 2.13. The van der Waals surface area contributed by atoms with E-state index in [4.69, 9.17) is 0 Å². The van der Waals surface area contributed by atoms with E-state index >= 15 is 0 Å². The van der Waals surface area contributed by atoms with E-state index in [1.165, 1.54) is 21.8 Å². The van der Waals surface area contributed by atoms with Crippen LogP contribution < -0.4 is 9.97 Å². The first kappa shape index (κ1) is 24.9. The third-order valence-electron chi connectivity index (χ3n) is 3.14. The van der Waals surface area contributed by atoms with E-state index in [0.29, 0.717) is 0 Å². The van der Waals surface area contributed by atoms with Gasteiger partial charge < -0.3 is 34.5 Å². The van der Waals surface area contributed by atoms with Crippen molar-refractivity contribution in [2.45, 2.75) is 0 Å². The van der Waals surface area contributed by atoms with Gasteiger partial charge >= 0.3 is 14.5 Å². The first-order valence-corrected chi connectivity index (χ1v) is 8.39. The van der Waals surface area contributed by atoms with Gasteiger partial charge in [0.2, 0.25) is 11.0 Å². The maximum Gasteiger partial charge on any atom is 0.673 e. The maximum atomic E-state index is 9.75. The molecule has 2 N–H and O–H groups in total. The minimum atomic E-state index is -6.00. The summed E-state index contributed by atoms with van der Waals surface area (Å²) < 4.78 is 78.0. The standard InChI is InChI=1S/2C9H7N.2BF4/c2*1-2-6-9-8(4-1)5-3-7-10-9;2*2-1(3,4)5/h2*1-7H;;/q;;2*-1/p+2. The maximum absolute atomic E-state index is 9.75. The lowest BCUT2D eigenvalue weighted by Gasteiger charge is -1.94. The summed E-state index contributed by atoms with van der Waals surface area (Å²) in [6.07, 6.45) is 3.87. The third-order valence-corrected chi connectivity index (χ3v) is 3.14. The topological polar surface area (TPSA) is 28.3 Å². The highest BCUT2D eigenvalue weighted by Gasteiger charge is 2.21. The molecule has 0 aliphatic carbocycles. The molecule has 0 fully saturated rings. The summed E-state index contributed by atoms with van der Waals surface area (Å²) in [4.78, 5) is 6.30. The van der Waals surface area contributed by atoms with E-state index < -0.39 is 14.5 Å². The molecule has 0 aliphatic heterocycles. The molecule has 0 unspecified atom stereocenters. The van der Waals surface area contributed by atoms with Crippen molar-refractivity contribution in [1.82, 2.24) is 0 Å². The number of aromatic nitrogens is 2. The van der Waals surface area contributed by atoms with Crippen molar-refractivity contribution in [2.75, 3.05) is 0 Å². The molecular weight excluding hydrogens is 418 g/mol. The van der Waals surface area contributed by atoms with Gasteiger partial charge in [0.15, 0.2) is 12.4 Å². The Labute approximate surface area is 166 Å². The van der Waals surface area contributed by atoms with Crippen molar-refractivity contribution in [3.63, 3.8) is 0 Å². The lowest BCUT2D eigenvalue weighted by atomic mass is 10.2. The molecule has 2 heterocycles. The first-order valence-electron chi connectivity index (χ1n) is 8.39. The number of halogens is 8. The second-order valence-electron chi connectivity index (χ2n) is 5.50. The summed E-state index contributed by atoms with van der Waals surface area (Å²) in [5.74, 6) is 0. The molecule has 0 radical (unpaired) electrons. The number of pyridine rings is 2. The average molecular weight is 434 g/mol. The van der Waals surface area contributed by atoms with Gasteiger partial charge in [0.1, 0.15) is 0 Å². The summed E-state index contributed by atoms with van der Waals surface area (Å²) in [7, 11) is -12.0. The second kappa shape index (κ2) is 11.7. The Hall–Kier alpha value is -3.17. The van der Waals surface area contributed by atoms with Crippen LogP contribution in [0.1, 0.15) is 0 Å². The molecule has 2 aromatic carbocycles. The molecule has 4 rings (SSSR count). The van der Waals surface area contributed by atoms with Gasteiger partial charge in [0.05, 0.1) is 0 Å². The molecule has 0 saturated heterocycles. The Morgan fingerprint density at radius 3 is 1.00 bits per heavy atom. The van der Waals surface area contributed by atoms with E-state index in [1.807, 2.05) is 48.8 Å². The minimum Gasteiger partial charge on any atom is -0.418 e. The largest absolute Gasteiger partial charge is 0.673 e. The fraction of sp³-hybridized carbons (Fsp3) is 0. The van der Waals surface area contributed by atoms with E-state index in [0.717, 1.165) is 0 Å². The normalized spacial score (nSPS) is 10.7. The van der Waals surface area contributed by atoms with E-state index in [-0.39, 0.29) is 0 Å². The quantitative estimate of drug-likeness (QED) is 0.244. The zero-order valence-electron chi connectivity index (χ0n) is 15.3. The minimum absolute atomic E-state index is 1.19. The SMILES string of the molecule is F[B-](F)(F)F.F[B-](F)(F)F.c1ccc2[nH+]cccc2c1.c1ccc2[nH+]cccc2c1. The monoisotopic (exact) mass is 434 g/mol. The summed E-state index contributed by atoms with van der Waals surface area (Å²) in [5, 5.41) is 2.51. The molecule has 0 aliphatic rings. The smallest absolute Gasteiger partial charge is 0.418 e. The summed E-state index contributed by atoms with van der Waals surface area (Å²) >= 11 is 0. The number of H-pyrrole nitrogens is 2. The van der Waals surface area contributed by atoms with Gasteiger partial charge in [-0.25, -0.2) is 9.97 Å². The van der Waals surface area contributed by atoms with Gasteiger partial charge in [-0.1, -0.05) is 24.3 Å². The van der Waals surface area contributed by atoms with Crippen molar-refractivity contribution in [3.05, 3.63) is 85.2 Å². The molecule has 0 saturated carbocycles. The number of fused-ring (bicyclic) bond motifs is 2. The highest BCUT2D eigenvalue weighted by molar-refractivity contribution is 6.50. The lowest BCUT2D eigenvalue weighted by molar-refractivity contribution is -0.345. The number of hydrogen-bond acceptors (Lipinski definition) is 0. The Morgan fingerprint density at radius 1 is 0.433 bits per heavy atom. The Balaban J connectivity index is 0.000000213. The van der Waals surface area contributed by atoms with Crippen molar-refractivity contribution >= 4 is 36.3 Å². The first-order chi connectivity index (χ1) is 13.9. The molecule has 160 valence electrons. The number of rotatable bonds is 0. The Kier molecular flexibility index (Phi) is 9.73. The van der Waals surface area contributed by atoms with Crippen LogP contribution >= 0.6 is 0 Å². The predicted molar refractivity (Wildman–Crippen MR) is 101 cm³/mol. The zero-order chi connectivity index (χ0) is 22.6. The van der Waals surface area contributed by atoms with Gasteiger partial charge in [0, 0.05) is 35.0 Å². The van der Waals surface area contributed by atoms with Crippen LogP contribution in [0, 0.1) is 0 Å². The Morgan fingerprint density at radius 2 is 0.700 bits per heavy atom. The van der Waals surface area contributed by atoms with E-state index in [2.05, 4.69) is 46.4 Å². The number of benzene rings is 2. The van der Waals surface area contributed by atoms with Gasteiger partial charge in [-0.05, 0) is 24.3 Å². The van der Waals surface area contributed by atoms with Crippen LogP contribution in [-0.2, 0) is 0 Å². The van der Waals surface area contributed by atoms with Crippen molar-refractivity contribution < 1.29 is 44.5 Å². The van der Waals surface area contributed by atoms with E-state index in [9.17, 15) is 34.5 Å². The number of aromatic amines is 2. The third kappa shape index (κ3) is 13.1. The van der Waals surface area contributed by atoms with Gasteiger partial charge in [-0.15, -0.1) is 0 Å². The van der Waals surface area contributed by atoms with Gasteiger partial charge in [0.25, 0.3) is 0 Å². The highest BCUT2D eigenvalue weighted by atomic mass is 19.5. The van der Waals surface area contributed by atoms with Gasteiger partial charge in [-0.3, -0.25) is 0 Å². The molecule has 2 aromatic heterocycles. The fourth-order valence-electron chi connectivity index (χ4n) is 2.13. The number of para-hydroxylation sites is 2. The summed E-state index contributed by atoms with van der Waals surface area (Å²) in [6.45, 7) is 0. The van der Waals surface area contributed by atoms with Crippen molar-refractivity contribution in [3.8, 4) is 0 Å². The molecule has 4 aromatic rings.